The summed E-state index contributed by atoms with van der Waals surface area (Å²) in [7, 11) is -2.25. The van der Waals surface area contributed by atoms with Crippen molar-refractivity contribution in [3.05, 3.63) is 58.6 Å². The van der Waals surface area contributed by atoms with Crippen molar-refractivity contribution in [3.63, 3.8) is 0 Å². The zero-order valence-corrected chi connectivity index (χ0v) is 15.0. The molecule has 0 spiro atoms. The molecule has 0 saturated heterocycles. The lowest BCUT2D eigenvalue weighted by Crippen LogP contribution is -2.30. The topological polar surface area (TPSA) is 46.6 Å². The van der Waals surface area contributed by atoms with Gasteiger partial charge in [0.25, 0.3) is 0 Å². The monoisotopic (exact) mass is 353 g/mol. The summed E-state index contributed by atoms with van der Waals surface area (Å²) in [5.41, 5.74) is 1.70. The molecule has 0 aliphatic rings. The van der Waals surface area contributed by atoms with Crippen LogP contribution in [0.5, 0.6) is 5.75 Å². The Morgan fingerprint density at radius 3 is 2.39 bits per heavy atom. The molecular formula is C17H20ClNO3S. The summed E-state index contributed by atoms with van der Waals surface area (Å²) in [6.45, 7) is 4.27. The van der Waals surface area contributed by atoms with Crippen LogP contribution in [0.1, 0.15) is 18.1 Å². The number of benzene rings is 2. The van der Waals surface area contributed by atoms with Crippen LogP contribution in [0.25, 0.3) is 0 Å². The van der Waals surface area contributed by atoms with Crippen molar-refractivity contribution in [1.29, 1.82) is 0 Å². The highest BCUT2D eigenvalue weighted by Crippen LogP contribution is 2.32. The van der Waals surface area contributed by atoms with Gasteiger partial charge in [0.2, 0.25) is 10.0 Å². The number of rotatable bonds is 6. The third kappa shape index (κ3) is 3.86. The number of nitrogens with zero attached hydrogens (tertiary/aromatic N) is 1. The fourth-order valence-electron chi connectivity index (χ4n) is 2.29. The van der Waals surface area contributed by atoms with Crippen LogP contribution < -0.4 is 4.74 Å². The van der Waals surface area contributed by atoms with Crippen LogP contribution in [-0.2, 0) is 16.6 Å². The van der Waals surface area contributed by atoms with Crippen LogP contribution in [0.15, 0.2) is 47.4 Å². The van der Waals surface area contributed by atoms with Crippen LogP contribution in [0.4, 0.5) is 0 Å². The van der Waals surface area contributed by atoms with Gasteiger partial charge in [0.05, 0.1) is 7.11 Å². The highest BCUT2D eigenvalue weighted by atomic mass is 35.5. The van der Waals surface area contributed by atoms with Crippen LogP contribution in [0.2, 0.25) is 5.02 Å². The first-order valence-corrected chi connectivity index (χ1v) is 9.10. The van der Waals surface area contributed by atoms with Crippen molar-refractivity contribution in [2.24, 2.45) is 0 Å². The largest absolute Gasteiger partial charge is 0.495 e. The van der Waals surface area contributed by atoms with Crippen LogP contribution in [-0.4, -0.2) is 26.4 Å². The van der Waals surface area contributed by atoms with E-state index in [-0.39, 0.29) is 4.90 Å². The highest BCUT2D eigenvalue weighted by molar-refractivity contribution is 7.89. The van der Waals surface area contributed by atoms with Crippen molar-refractivity contribution in [2.45, 2.75) is 25.3 Å². The van der Waals surface area contributed by atoms with Gasteiger partial charge >= 0.3 is 0 Å². The first-order chi connectivity index (χ1) is 10.9. The summed E-state index contributed by atoms with van der Waals surface area (Å²) in [6.07, 6.45) is 0. The van der Waals surface area contributed by atoms with Gasteiger partial charge in [0, 0.05) is 18.1 Å². The lowest BCUT2D eigenvalue weighted by atomic mass is 10.2. The normalized spacial score (nSPS) is 11.7. The third-order valence-electron chi connectivity index (χ3n) is 3.62. The van der Waals surface area contributed by atoms with Gasteiger partial charge in [-0.15, -0.1) is 0 Å². The maximum absolute atomic E-state index is 13.0. The standard InChI is InChI=1S/C17H20ClNO3S/c1-4-19(12-14-8-6-5-7-9-14)23(20,21)17-11-15(18)13(2)10-16(17)22-3/h5-11H,4,12H2,1-3H3. The van der Waals surface area contributed by atoms with E-state index in [0.717, 1.165) is 11.1 Å². The zero-order valence-electron chi connectivity index (χ0n) is 13.4. The number of hydrogen-bond donors (Lipinski definition) is 0. The van der Waals surface area contributed by atoms with Gasteiger partial charge in [-0.2, -0.15) is 4.31 Å². The van der Waals surface area contributed by atoms with Crippen molar-refractivity contribution < 1.29 is 13.2 Å². The van der Waals surface area contributed by atoms with Crippen molar-refractivity contribution in [1.82, 2.24) is 4.31 Å². The van der Waals surface area contributed by atoms with Crippen LogP contribution in [0.3, 0.4) is 0 Å². The molecule has 0 fully saturated rings. The van der Waals surface area contributed by atoms with Gasteiger partial charge in [0.1, 0.15) is 10.6 Å². The Morgan fingerprint density at radius 2 is 1.83 bits per heavy atom. The molecule has 124 valence electrons. The van der Waals surface area contributed by atoms with Gasteiger partial charge in [-0.1, -0.05) is 48.9 Å². The van der Waals surface area contributed by atoms with E-state index in [2.05, 4.69) is 0 Å². The molecule has 0 atom stereocenters. The molecule has 2 aromatic rings. The Balaban J connectivity index is 2.45. The predicted octanol–water partition coefficient (Wildman–Crippen LogP) is 3.87. The number of hydrogen-bond acceptors (Lipinski definition) is 3. The minimum Gasteiger partial charge on any atom is -0.495 e. The molecule has 23 heavy (non-hydrogen) atoms. The first-order valence-electron chi connectivity index (χ1n) is 7.28. The van der Waals surface area contributed by atoms with E-state index in [1.165, 1.54) is 17.5 Å². The molecule has 0 amide bonds. The van der Waals surface area contributed by atoms with E-state index in [1.807, 2.05) is 44.2 Å². The van der Waals surface area contributed by atoms with Crippen LogP contribution in [0, 0.1) is 6.92 Å². The molecule has 4 nitrogen and oxygen atoms in total. The number of sulfonamides is 1. The van der Waals surface area contributed by atoms with Gasteiger partial charge < -0.3 is 4.74 Å². The van der Waals surface area contributed by atoms with E-state index in [1.54, 1.807) is 6.07 Å². The number of halogens is 1. The van der Waals surface area contributed by atoms with E-state index >= 15 is 0 Å². The van der Waals surface area contributed by atoms with Crippen molar-refractivity contribution in [3.8, 4) is 5.75 Å². The van der Waals surface area contributed by atoms with Gasteiger partial charge in [-0.25, -0.2) is 8.42 Å². The van der Waals surface area contributed by atoms with E-state index in [0.29, 0.717) is 23.9 Å². The van der Waals surface area contributed by atoms with Crippen molar-refractivity contribution >= 4 is 21.6 Å². The Labute approximate surface area is 142 Å². The summed E-state index contributed by atoms with van der Waals surface area (Å²) in [5, 5.41) is 0.403. The molecule has 0 aliphatic heterocycles. The predicted molar refractivity (Wildman–Crippen MR) is 92.5 cm³/mol. The zero-order chi connectivity index (χ0) is 17.0. The molecule has 6 heteroatoms. The second-order valence-corrected chi connectivity index (χ2v) is 7.48. The van der Waals surface area contributed by atoms with Gasteiger partial charge in [-0.3, -0.25) is 0 Å². The summed E-state index contributed by atoms with van der Waals surface area (Å²) in [4.78, 5) is 0.0911. The number of methoxy groups -OCH3 is 1. The molecule has 0 radical (unpaired) electrons. The molecule has 0 aliphatic carbocycles. The molecule has 0 unspecified atom stereocenters. The van der Waals surface area contributed by atoms with Crippen molar-refractivity contribution in [2.75, 3.05) is 13.7 Å². The second kappa shape index (κ2) is 7.34. The van der Waals surface area contributed by atoms with E-state index in [4.69, 9.17) is 16.3 Å². The lowest BCUT2D eigenvalue weighted by molar-refractivity contribution is 0.391. The SMILES string of the molecule is CCN(Cc1ccccc1)S(=O)(=O)c1cc(Cl)c(C)cc1OC. The lowest BCUT2D eigenvalue weighted by Gasteiger charge is -2.22. The number of ether oxygens (including phenoxy) is 1. The molecule has 0 saturated carbocycles. The Kier molecular flexibility index (Phi) is 5.68. The molecule has 2 aromatic carbocycles. The molecule has 0 heterocycles. The maximum atomic E-state index is 13.0. The Bertz CT molecular complexity index is 776. The summed E-state index contributed by atoms with van der Waals surface area (Å²) in [6, 6.07) is 12.6. The quantitative estimate of drug-likeness (QED) is 0.792. The number of aryl methyl sites for hydroxylation is 1. The minimum atomic E-state index is -3.71. The second-order valence-electron chi connectivity index (χ2n) is 5.17. The fourth-order valence-corrected chi connectivity index (χ4v) is 4.12. The van der Waals surface area contributed by atoms with Gasteiger partial charge in [0.15, 0.2) is 0 Å². The Morgan fingerprint density at radius 1 is 1.17 bits per heavy atom. The van der Waals surface area contributed by atoms with Gasteiger partial charge in [-0.05, 0) is 30.2 Å². The summed E-state index contributed by atoms with van der Waals surface area (Å²) < 4.78 is 32.7. The molecule has 0 N–H and O–H groups in total. The molecule has 0 aromatic heterocycles. The Hall–Kier alpha value is -1.56. The fraction of sp³-hybridized carbons (Fsp3) is 0.294. The molecule has 2 rings (SSSR count). The first kappa shape index (κ1) is 17.8. The maximum Gasteiger partial charge on any atom is 0.247 e. The van der Waals surface area contributed by atoms with Crippen LogP contribution >= 0.6 is 11.6 Å². The minimum absolute atomic E-state index is 0.0911. The average Bonchev–Trinajstić information content (AvgIpc) is 2.55. The van der Waals surface area contributed by atoms with E-state index in [9.17, 15) is 8.42 Å². The third-order valence-corrected chi connectivity index (χ3v) is 5.97. The molecular weight excluding hydrogens is 334 g/mol. The molecule has 0 bridgehead atoms. The average molecular weight is 354 g/mol. The summed E-state index contributed by atoms with van der Waals surface area (Å²) in [5.74, 6) is 0.304. The summed E-state index contributed by atoms with van der Waals surface area (Å²) >= 11 is 6.12. The highest BCUT2D eigenvalue weighted by Gasteiger charge is 2.27. The smallest absolute Gasteiger partial charge is 0.247 e. The van der Waals surface area contributed by atoms with E-state index < -0.39 is 10.0 Å².